The second-order valence-electron chi connectivity index (χ2n) is 4.94. The predicted octanol–water partition coefficient (Wildman–Crippen LogP) is 2.39. The molecule has 0 radical (unpaired) electrons. The summed E-state index contributed by atoms with van der Waals surface area (Å²) in [5.74, 6) is -1.24. The summed E-state index contributed by atoms with van der Waals surface area (Å²) in [5.41, 5.74) is -0.900. The highest BCUT2D eigenvalue weighted by atomic mass is 32.2. The number of urea groups is 1. The molecule has 3 amide bonds. The summed E-state index contributed by atoms with van der Waals surface area (Å²) in [6.45, 7) is 3.43. The highest BCUT2D eigenvalue weighted by Crippen LogP contribution is 2.23. The van der Waals surface area contributed by atoms with E-state index in [2.05, 4.69) is 5.32 Å². The Balaban J connectivity index is 1.93. The van der Waals surface area contributed by atoms with Crippen LogP contribution >= 0.6 is 11.8 Å². The fourth-order valence-corrected chi connectivity index (χ4v) is 2.71. The summed E-state index contributed by atoms with van der Waals surface area (Å²) in [4.78, 5) is 24.9. The molecule has 1 aromatic carbocycles. The smallest absolute Gasteiger partial charge is 0.324 e. The number of carbonyl (C=O) groups excluding carboxylic acids is 2. The van der Waals surface area contributed by atoms with Crippen molar-refractivity contribution in [1.82, 2.24) is 10.2 Å². The first-order valence-electron chi connectivity index (χ1n) is 6.03. The Kier molecular flexibility index (Phi) is 3.99. The fourth-order valence-electron chi connectivity index (χ4n) is 1.86. The van der Waals surface area contributed by atoms with Crippen LogP contribution in [0.25, 0.3) is 0 Å². The summed E-state index contributed by atoms with van der Waals surface area (Å²) >= 11 is 1.13. The minimum atomic E-state index is -0.900. The Labute approximate surface area is 119 Å². The molecule has 0 aromatic heterocycles. The highest BCUT2D eigenvalue weighted by molar-refractivity contribution is 7.99. The van der Waals surface area contributed by atoms with Gasteiger partial charge in [0.1, 0.15) is 17.2 Å². The molecule has 1 aliphatic rings. The molecule has 1 N–H and O–H groups in total. The number of imide groups is 1. The maximum absolute atomic E-state index is 13.4. The number of nitrogens with one attached hydrogen (secondary N) is 1. The van der Waals surface area contributed by atoms with E-state index in [-0.39, 0.29) is 17.3 Å². The molecule has 7 heteroatoms. The number of rotatable bonds is 4. The van der Waals surface area contributed by atoms with Gasteiger partial charge in [-0.05, 0) is 26.0 Å². The maximum Gasteiger partial charge on any atom is 0.325 e. The van der Waals surface area contributed by atoms with E-state index in [1.165, 1.54) is 12.1 Å². The van der Waals surface area contributed by atoms with E-state index in [0.717, 1.165) is 22.7 Å². The van der Waals surface area contributed by atoms with Gasteiger partial charge in [0.2, 0.25) is 0 Å². The van der Waals surface area contributed by atoms with Crippen LogP contribution in [0.3, 0.4) is 0 Å². The number of nitrogens with zero attached hydrogens (tertiary/aromatic N) is 1. The lowest BCUT2D eigenvalue weighted by molar-refractivity contribution is -0.130. The third-order valence-corrected chi connectivity index (χ3v) is 3.94. The van der Waals surface area contributed by atoms with Gasteiger partial charge in [0, 0.05) is 23.3 Å². The molecule has 0 aliphatic carbocycles. The molecule has 108 valence electrons. The molecule has 20 heavy (non-hydrogen) atoms. The van der Waals surface area contributed by atoms with E-state index in [1.54, 1.807) is 13.8 Å². The molecule has 1 aliphatic heterocycles. The van der Waals surface area contributed by atoms with Crippen molar-refractivity contribution < 1.29 is 18.4 Å². The van der Waals surface area contributed by atoms with Crippen molar-refractivity contribution in [3.63, 3.8) is 0 Å². The molecule has 4 nitrogen and oxygen atoms in total. The quantitative estimate of drug-likeness (QED) is 0.686. The van der Waals surface area contributed by atoms with Crippen molar-refractivity contribution in [2.75, 3.05) is 12.3 Å². The van der Waals surface area contributed by atoms with Gasteiger partial charge in [-0.1, -0.05) is 0 Å². The molecule has 1 aromatic rings. The normalized spacial score (nSPS) is 17.5. The summed E-state index contributed by atoms with van der Waals surface area (Å²) in [6.07, 6.45) is 0. The highest BCUT2D eigenvalue weighted by Gasteiger charge is 2.43. The zero-order valence-corrected chi connectivity index (χ0v) is 11.9. The molecule has 1 fully saturated rings. The van der Waals surface area contributed by atoms with Gasteiger partial charge < -0.3 is 5.32 Å². The number of carbonyl (C=O) groups is 2. The molecule has 1 heterocycles. The van der Waals surface area contributed by atoms with Crippen LogP contribution in [0.1, 0.15) is 13.8 Å². The number of benzene rings is 1. The average molecular weight is 300 g/mol. The topological polar surface area (TPSA) is 49.4 Å². The Morgan fingerprint density at radius 3 is 2.55 bits per heavy atom. The number of thioether (sulfide) groups is 1. The second kappa shape index (κ2) is 5.40. The summed E-state index contributed by atoms with van der Waals surface area (Å²) in [7, 11) is 0. The minimum Gasteiger partial charge on any atom is -0.324 e. The van der Waals surface area contributed by atoms with E-state index in [4.69, 9.17) is 0 Å². The lowest BCUT2D eigenvalue weighted by Gasteiger charge is -2.15. The van der Waals surface area contributed by atoms with Gasteiger partial charge in [-0.3, -0.25) is 9.69 Å². The maximum atomic E-state index is 13.4. The first-order chi connectivity index (χ1) is 9.31. The molecular formula is C13H14F2N2O2S. The van der Waals surface area contributed by atoms with Crippen LogP contribution in [0.5, 0.6) is 0 Å². The lowest BCUT2D eigenvalue weighted by Crippen LogP contribution is -2.40. The van der Waals surface area contributed by atoms with Crippen LogP contribution < -0.4 is 5.32 Å². The van der Waals surface area contributed by atoms with Crippen molar-refractivity contribution >= 4 is 23.7 Å². The van der Waals surface area contributed by atoms with Gasteiger partial charge in [0.25, 0.3) is 5.91 Å². The van der Waals surface area contributed by atoms with Crippen molar-refractivity contribution in [2.45, 2.75) is 24.3 Å². The number of hydrogen-bond donors (Lipinski definition) is 1. The van der Waals surface area contributed by atoms with Gasteiger partial charge in [0.05, 0.1) is 0 Å². The molecule has 0 bridgehead atoms. The minimum absolute atomic E-state index is 0.176. The van der Waals surface area contributed by atoms with Crippen LogP contribution in [0.4, 0.5) is 13.6 Å². The lowest BCUT2D eigenvalue weighted by atomic mass is 10.1. The van der Waals surface area contributed by atoms with Crippen LogP contribution in [0.2, 0.25) is 0 Å². The Morgan fingerprint density at radius 1 is 1.30 bits per heavy atom. The van der Waals surface area contributed by atoms with Gasteiger partial charge >= 0.3 is 6.03 Å². The van der Waals surface area contributed by atoms with E-state index < -0.39 is 23.2 Å². The monoisotopic (exact) mass is 300 g/mol. The zero-order chi connectivity index (χ0) is 14.9. The molecular weight excluding hydrogens is 286 g/mol. The van der Waals surface area contributed by atoms with E-state index in [0.29, 0.717) is 5.75 Å². The molecule has 0 saturated carbocycles. The third-order valence-electron chi connectivity index (χ3n) is 2.91. The van der Waals surface area contributed by atoms with Crippen LogP contribution in [0, 0.1) is 11.6 Å². The van der Waals surface area contributed by atoms with Gasteiger partial charge in [0.15, 0.2) is 0 Å². The molecule has 2 rings (SSSR count). The van der Waals surface area contributed by atoms with Crippen LogP contribution in [-0.2, 0) is 4.79 Å². The van der Waals surface area contributed by atoms with Crippen molar-refractivity contribution in [3.05, 3.63) is 29.8 Å². The van der Waals surface area contributed by atoms with E-state index in [9.17, 15) is 18.4 Å². The molecule has 0 unspecified atom stereocenters. The molecule has 0 atom stereocenters. The first kappa shape index (κ1) is 14.8. The first-order valence-corrected chi connectivity index (χ1v) is 7.02. The standard InChI is InChI=1S/C13H14F2N2O2S/c1-13(2)11(18)17(12(19)16-13)5-6-20-10-4-3-8(14)7-9(10)15/h3-4,7H,5-6H2,1-2H3,(H,16,19). The van der Waals surface area contributed by atoms with Gasteiger partial charge in [-0.2, -0.15) is 0 Å². The number of halogens is 2. The number of amides is 3. The Bertz CT molecular complexity index is 563. The van der Waals surface area contributed by atoms with Crippen molar-refractivity contribution in [2.24, 2.45) is 0 Å². The Morgan fingerprint density at radius 2 is 2.00 bits per heavy atom. The third kappa shape index (κ3) is 2.92. The Hall–Kier alpha value is -1.63. The summed E-state index contributed by atoms with van der Waals surface area (Å²) < 4.78 is 26.2. The van der Waals surface area contributed by atoms with Gasteiger partial charge in [-0.15, -0.1) is 11.8 Å². The molecule has 1 saturated heterocycles. The van der Waals surface area contributed by atoms with Crippen molar-refractivity contribution in [3.8, 4) is 0 Å². The van der Waals surface area contributed by atoms with Crippen molar-refractivity contribution in [1.29, 1.82) is 0 Å². The fraction of sp³-hybridized carbons (Fsp3) is 0.385. The van der Waals surface area contributed by atoms with E-state index >= 15 is 0 Å². The second-order valence-corrected chi connectivity index (χ2v) is 6.07. The van der Waals surface area contributed by atoms with Crippen LogP contribution in [-0.4, -0.2) is 34.7 Å². The zero-order valence-electron chi connectivity index (χ0n) is 11.1. The molecule has 0 spiro atoms. The average Bonchev–Trinajstić information content (AvgIpc) is 2.53. The summed E-state index contributed by atoms with van der Waals surface area (Å²) in [5, 5.41) is 2.57. The predicted molar refractivity (Wildman–Crippen MR) is 71.4 cm³/mol. The number of hydrogen-bond acceptors (Lipinski definition) is 3. The largest absolute Gasteiger partial charge is 0.325 e. The van der Waals surface area contributed by atoms with E-state index in [1.807, 2.05) is 0 Å². The summed E-state index contributed by atoms with van der Waals surface area (Å²) in [6, 6.07) is 2.87. The van der Waals surface area contributed by atoms with Crippen LogP contribution in [0.15, 0.2) is 23.1 Å². The SMILES string of the molecule is CC1(C)NC(=O)N(CCSc2ccc(F)cc2F)C1=O. The van der Waals surface area contributed by atoms with Gasteiger partial charge in [-0.25, -0.2) is 13.6 Å².